The number of carbonyl (C=O) groups excluding carboxylic acids is 2. The van der Waals surface area contributed by atoms with E-state index in [-0.39, 0.29) is 30.2 Å². The van der Waals surface area contributed by atoms with E-state index in [1.165, 1.54) is 29.5 Å². The van der Waals surface area contributed by atoms with Gasteiger partial charge in [-0.15, -0.1) is 24.2 Å². The molecule has 20 heavy (non-hydrogen) atoms. The summed E-state index contributed by atoms with van der Waals surface area (Å²) in [6.45, 7) is -0.219. The molecule has 1 aliphatic heterocycles. The van der Waals surface area contributed by atoms with Crippen LogP contribution >= 0.6 is 24.2 Å². The topological polar surface area (TPSA) is 103 Å². The van der Waals surface area contributed by atoms with Crippen LogP contribution in [0.5, 0.6) is 0 Å². The van der Waals surface area contributed by atoms with E-state index < -0.39 is 17.9 Å². The maximum atomic E-state index is 12.0. The number of ether oxygens (including phenoxy) is 1. The molecule has 0 saturated carbocycles. The second-order valence-electron chi connectivity index (χ2n) is 3.92. The average molecular weight is 320 g/mol. The van der Waals surface area contributed by atoms with E-state index in [0.29, 0.717) is 10.8 Å². The number of esters is 1. The van der Waals surface area contributed by atoms with Gasteiger partial charge >= 0.3 is 5.97 Å². The monoisotopic (exact) mass is 319 g/mol. The summed E-state index contributed by atoms with van der Waals surface area (Å²) in [5, 5.41) is 3.13. The predicted octanol–water partition coefficient (Wildman–Crippen LogP) is -0.212. The third-order valence-electron chi connectivity index (χ3n) is 2.75. The fourth-order valence-electron chi connectivity index (χ4n) is 1.75. The summed E-state index contributed by atoms with van der Waals surface area (Å²) in [7, 11) is 1.24. The van der Waals surface area contributed by atoms with Crippen molar-refractivity contribution in [3.8, 4) is 0 Å². The van der Waals surface area contributed by atoms with E-state index in [2.05, 4.69) is 10.1 Å². The molecule has 1 atom stereocenters. The molecule has 0 unspecified atom stereocenters. The molecule has 0 aliphatic carbocycles. The highest BCUT2D eigenvalue weighted by molar-refractivity contribution is 7.99. The lowest BCUT2D eigenvalue weighted by Crippen LogP contribution is -2.39. The number of pyridine rings is 1. The summed E-state index contributed by atoms with van der Waals surface area (Å²) in [6.07, 6.45) is 0. The number of hydrogen-bond donors (Lipinski definition) is 2. The molecule has 0 radical (unpaired) electrons. The molecule has 3 N–H and O–H groups in total. The number of aromatic nitrogens is 1. The molecule has 1 aromatic heterocycles. The fraction of sp³-hybridized carbons (Fsp3) is 0.364. The molecule has 2 heterocycles. The van der Waals surface area contributed by atoms with Crippen LogP contribution in [-0.2, 0) is 14.3 Å². The first-order valence-corrected chi connectivity index (χ1v) is 6.51. The van der Waals surface area contributed by atoms with Crippen LogP contribution in [0.1, 0.15) is 6.04 Å². The zero-order valence-electron chi connectivity index (χ0n) is 10.6. The Kier molecular flexibility index (Phi) is 5.46. The highest BCUT2D eigenvalue weighted by Gasteiger charge is 2.30. The Morgan fingerprint density at radius 2 is 2.25 bits per heavy atom. The van der Waals surface area contributed by atoms with Gasteiger partial charge in [0, 0.05) is 5.75 Å². The Morgan fingerprint density at radius 1 is 1.55 bits per heavy atom. The van der Waals surface area contributed by atoms with Crippen molar-refractivity contribution < 1.29 is 14.3 Å². The van der Waals surface area contributed by atoms with E-state index in [1.807, 2.05) is 0 Å². The molecule has 110 valence electrons. The van der Waals surface area contributed by atoms with Crippen molar-refractivity contribution in [3.63, 3.8) is 0 Å². The Labute approximate surface area is 125 Å². The van der Waals surface area contributed by atoms with Gasteiger partial charge in [-0.3, -0.25) is 19.0 Å². The Hall–Kier alpha value is -1.67. The molecule has 2 rings (SSSR count). The molecule has 0 spiro atoms. The molecule has 1 aromatic rings. The number of amides is 1. The number of methoxy groups -OCH3 is 1. The second-order valence-corrected chi connectivity index (χ2v) is 4.96. The van der Waals surface area contributed by atoms with Crippen molar-refractivity contribution in [2.24, 2.45) is 0 Å². The minimum absolute atomic E-state index is 0. The first-order chi connectivity index (χ1) is 9.04. The van der Waals surface area contributed by atoms with Crippen LogP contribution in [0, 0.1) is 0 Å². The van der Waals surface area contributed by atoms with Gasteiger partial charge in [-0.05, 0) is 12.1 Å². The second kappa shape index (κ2) is 6.67. The van der Waals surface area contributed by atoms with Crippen LogP contribution in [-0.4, -0.2) is 35.9 Å². The first kappa shape index (κ1) is 16.4. The van der Waals surface area contributed by atoms with Gasteiger partial charge in [0.25, 0.3) is 5.56 Å². The van der Waals surface area contributed by atoms with E-state index in [9.17, 15) is 14.4 Å². The van der Waals surface area contributed by atoms with E-state index in [1.54, 1.807) is 6.07 Å². The largest absolute Gasteiger partial charge is 0.468 e. The number of nitrogens with two attached hydrogens (primary N) is 1. The van der Waals surface area contributed by atoms with E-state index in [0.717, 1.165) is 0 Å². The predicted molar refractivity (Wildman–Crippen MR) is 77.1 cm³/mol. The van der Waals surface area contributed by atoms with Gasteiger partial charge in [0.1, 0.15) is 12.6 Å². The molecular formula is C11H14ClN3O4S. The highest BCUT2D eigenvalue weighted by Crippen LogP contribution is 2.31. The van der Waals surface area contributed by atoms with E-state index >= 15 is 0 Å². The number of nitrogen functional groups attached to an aromatic ring is 1. The Morgan fingerprint density at radius 3 is 2.90 bits per heavy atom. The highest BCUT2D eigenvalue weighted by atomic mass is 35.5. The number of nitrogens with zero attached hydrogens (tertiary/aromatic N) is 1. The number of hydrogen-bond acceptors (Lipinski definition) is 6. The zero-order valence-corrected chi connectivity index (χ0v) is 12.3. The number of fused-ring (bicyclic) bond motifs is 1. The van der Waals surface area contributed by atoms with Crippen molar-refractivity contribution in [1.29, 1.82) is 0 Å². The van der Waals surface area contributed by atoms with Crippen molar-refractivity contribution in [1.82, 2.24) is 9.88 Å². The Balaban J connectivity index is 0.00000200. The lowest BCUT2D eigenvalue weighted by Gasteiger charge is -2.13. The number of rotatable bonds is 3. The molecule has 7 nitrogen and oxygen atoms in total. The van der Waals surface area contributed by atoms with Crippen LogP contribution in [0.2, 0.25) is 0 Å². The lowest BCUT2D eigenvalue weighted by atomic mass is 10.3. The smallest absolute Gasteiger partial charge is 0.325 e. The minimum atomic E-state index is -0.652. The van der Waals surface area contributed by atoms with Crippen LogP contribution < -0.4 is 16.6 Å². The van der Waals surface area contributed by atoms with Crippen molar-refractivity contribution in [2.75, 3.05) is 25.1 Å². The van der Waals surface area contributed by atoms with Crippen LogP contribution in [0.3, 0.4) is 0 Å². The Bertz CT molecular complexity index is 590. The maximum absolute atomic E-state index is 12.0. The summed E-state index contributed by atoms with van der Waals surface area (Å²) < 4.78 is 5.78. The number of thioether (sulfide) groups is 1. The summed E-state index contributed by atoms with van der Waals surface area (Å²) in [5.74, 6) is -0.505. The molecule has 9 heteroatoms. The lowest BCUT2D eigenvalue weighted by molar-refractivity contribution is -0.141. The van der Waals surface area contributed by atoms with Gasteiger partial charge in [-0.25, -0.2) is 0 Å². The molecule has 0 bridgehead atoms. The third kappa shape index (κ3) is 3.07. The zero-order chi connectivity index (χ0) is 14.0. The molecule has 0 saturated heterocycles. The first-order valence-electron chi connectivity index (χ1n) is 5.53. The summed E-state index contributed by atoms with van der Waals surface area (Å²) in [4.78, 5) is 34.8. The van der Waals surface area contributed by atoms with Gasteiger partial charge in [0.2, 0.25) is 5.91 Å². The minimum Gasteiger partial charge on any atom is -0.468 e. The van der Waals surface area contributed by atoms with Gasteiger partial charge in [0.05, 0.1) is 17.8 Å². The van der Waals surface area contributed by atoms with Crippen molar-refractivity contribution in [2.45, 2.75) is 11.1 Å². The standard InChI is InChI=1S/C11H13N3O4S.ClH/c1-18-9(15)4-13-10(16)7-5-19-8-3-2-6(12)11(17)14(7)8;/h2-3,7H,4-5,12H2,1H3,(H,13,16);1H/t7-;/m0./s1. The maximum Gasteiger partial charge on any atom is 0.325 e. The van der Waals surface area contributed by atoms with Crippen molar-refractivity contribution >= 4 is 41.7 Å². The average Bonchev–Trinajstić information content (AvgIpc) is 2.84. The van der Waals surface area contributed by atoms with Gasteiger partial charge < -0.3 is 15.8 Å². The number of anilines is 1. The molecule has 0 fully saturated rings. The van der Waals surface area contributed by atoms with Crippen LogP contribution in [0.15, 0.2) is 22.0 Å². The summed E-state index contributed by atoms with van der Waals surface area (Å²) in [6, 6.07) is 2.57. The summed E-state index contributed by atoms with van der Waals surface area (Å²) >= 11 is 1.40. The number of carbonyl (C=O) groups is 2. The molecular weight excluding hydrogens is 306 g/mol. The molecule has 1 aliphatic rings. The van der Waals surface area contributed by atoms with Gasteiger partial charge in [-0.1, -0.05) is 0 Å². The number of nitrogens with one attached hydrogen (secondary N) is 1. The third-order valence-corrected chi connectivity index (χ3v) is 3.86. The quantitative estimate of drug-likeness (QED) is 0.747. The van der Waals surface area contributed by atoms with Crippen LogP contribution in [0.25, 0.3) is 0 Å². The molecule has 0 aromatic carbocycles. The van der Waals surface area contributed by atoms with Gasteiger partial charge in [0.15, 0.2) is 0 Å². The normalized spacial score (nSPS) is 15.9. The van der Waals surface area contributed by atoms with Gasteiger partial charge in [-0.2, -0.15) is 0 Å². The van der Waals surface area contributed by atoms with Crippen LogP contribution in [0.4, 0.5) is 5.69 Å². The van der Waals surface area contributed by atoms with E-state index in [4.69, 9.17) is 5.73 Å². The summed E-state index contributed by atoms with van der Waals surface area (Å²) in [5.41, 5.74) is 5.26. The fourth-order valence-corrected chi connectivity index (χ4v) is 2.89. The number of halogens is 1. The van der Waals surface area contributed by atoms with Crippen molar-refractivity contribution in [3.05, 3.63) is 22.5 Å². The SMILES string of the molecule is COC(=O)CNC(=O)[C@@H]1CSc2ccc(N)c(=O)n21.Cl. The molecule has 1 amide bonds.